The number of nitrogens with one attached hydrogen (secondary N) is 1. The van der Waals surface area contributed by atoms with E-state index >= 15 is 0 Å². The zero-order valence-electron chi connectivity index (χ0n) is 14.9. The van der Waals surface area contributed by atoms with Crippen LogP contribution in [0.3, 0.4) is 0 Å². The molecular weight excluding hydrogens is 330 g/mol. The van der Waals surface area contributed by atoms with Crippen LogP contribution in [-0.4, -0.2) is 38.2 Å². The molecule has 0 aliphatic carbocycles. The zero-order chi connectivity index (χ0) is 18.4. The van der Waals surface area contributed by atoms with Gasteiger partial charge in [0, 0.05) is 38.5 Å². The van der Waals surface area contributed by atoms with Crippen LogP contribution in [0.1, 0.15) is 49.3 Å². The molecule has 1 saturated heterocycles. The number of hydrogen-bond donors (Lipinski definition) is 1. The molecule has 26 heavy (non-hydrogen) atoms. The molecule has 1 aliphatic rings. The van der Waals surface area contributed by atoms with Gasteiger partial charge in [0.15, 0.2) is 5.82 Å². The summed E-state index contributed by atoms with van der Waals surface area (Å²) in [5, 5.41) is 2.74. The summed E-state index contributed by atoms with van der Waals surface area (Å²) >= 11 is 0. The fraction of sp³-hybridized carbons (Fsp3) is 0.421. The Bertz CT molecular complexity index is 766. The molecule has 1 atom stereocenters. The van der Waals surface area contributed by atoms with E-state index in [1.165, 1.54) is 6.92 Å². The number of rotatable bonds is 6. The number of hydrogen-bond acceptors (Lipinski definition) is 5. The molecule has 1 fully saturated rings. The van der Waals surface area contributed by atoms with E-state index in [1.807, 2.05) is 17.0 Å². The molecule has 7 heteroatoms. The second-order valence-electron chi connectivity index (χ2n) is 6.42. The molecule has 1 N–H and O–H groups in total. The second kappa shape index (κ2) is 8.51. The van der Waals surface area contributed by atoms with Gasteiger partial charge in [0.25, 0.3) is 0 Å². The number of carbonyl (C=O) groups excluding carboxylic acids is 2. The fourth-order valence-electron chi connectivity index (χ4n) is 3.16. The van der Waals surface area contributed by atoms with Crippen molar-refractivity contribution in [2.24, 2.45) is 0 Å². The maximum Gasteiger partial charge on any atom is 0.223 e. The van der Waals surface area contributed by atoms with Crippen molar-refractivity contribution >= 4 is 11.8 Å². The summed E-state index contributed by atoms with van der Waals surface area (Å²) in [6.07, 6.45) is 8.16. The van der Waals surface area contributed by atoms with Crippen molar-refractivity contribution in [2.45, 2.75) is 45.2 Å². The lowest BCUT2D eigenvalue weighted by molar-refractivity contribution is -0.132. The van der Waals surface area contributed by atoms with Gasteiger partial charge in [0.2, 0.25) is 11.8 Å². The van der Waals surface area contributed by atoms with Gasteiger partial charge in [-0.2, -0.15) is 0 Å². The standard InChI is InChI=1S/C19H23N5O2/c1-14(25)22-13-16-8-10-21-19(23-16)17-5-3-11-24(17)18(26)7-6-15-4-2-9-20-12-15/h2,4,8-10,12,17H,3,5-7,11,13H2,1H3,(H,22,25)/t17-/m0/s1. The number of aromatic nitrogens is 3. The van der Waals surface area contributed by atoms with E-state index in [4.69, 9.17) is 0 Å². The number of amides is 2. The van der Waals surface area contributed by atoms with E-state index in [0.717, 1.165) is 30.6 Å². The van der Waals surface area contributed by atoms with E-state index < -0.39 is 0 Å². The van der Waals surface area contributed by atoms with Gasteiger partial charge in [-0.05, 0) is 37.0 Å². The highest BCUT2D eigenvalue weighted by atomic mass is 16.2. The number of carbonyl (C=O) groups is 2. The van der Waals surface area contributed by atoms with Crippen LogP contribution in [0, 0.1) is 0 Å². The van der Waals surface area contributed by atoms with Crippen LogP contribution < -0.4 is 5.32 Å². The van der Waals surface area contributed by atoms with E-state index in [2.05, 4.69) is 20.3 Å². The molecule has 0 saturated carbocycles. The van der Waals surface area contributed by atoms with Crippen molar-refractivity contribution in [3.05, 3.63) is 53.9 Å². The third-order valence-electron chi connectivity index (χ3n) is 4.47. The Labute approximate surface area is 152 Å². The fourth-order valence-corrected chi connectivity index (χ4v) is 3.16. The summed E-state index contributed by atoms with van der Waals surface area (Å²) in [4.78, 5) is 38.7. The molecule has 0 radical (unpaired) electrons. The molecule has 2 aromatic heterocycles. The molecule has 136 valence electrons. The minimum Gasteiger partial charge on any atom is -0.351 e. The van der Waals surface area contributed by atoms with E-state index in [-0.39, 0.29) is 17.9 Å². The van der Waals surface area contributed by atoms with Gasteiger partial charge in [-0.3, -0.25) is 14.6 Å². The molecule has 2 amide bonds. The Morgan fingerprint density at radius 3 is 2.96 bits per heavy atom. The van der Waals surface area contributed by atoms with Crippen LogP contribution in [0.5, 0.6) is 0 Å². The van der Waals surface area contributed by atoms with Crippen LogP contribution in [0.25, 0.3) is 0 Å². The van der Waals surface area contributed by atoms with Crippen molar-refractivity contribution in [1.82, 2.24) is 25.2 Å². The zero-order valence-corrected chi connectivity index (χ0v) is 14.9. The highest BCUT2D eigenvalue weighted by Crippen LogP contribution is 2.30. The first kappa shape index (κ1) is 18.0. The Balaban J connectivity index is 1.64. The molecule has 1 aliphatic heterocycles. The highest BCUT2D eigenvalue weighted by molar-refractivity contribution is 5.77. The summed E-state index contributed by atoms with van der Waals surface area (Å²) in [5.74, 6) is 0.672. The lowest BCUT2D eigenvalue weighted by atomic mass is 10.1. The van der Waals surface area contributed by atoms with E-state index in [0.29, 0.717) is 25.2 Å². The van der Waals surface area contributed by atoms with Crippen LogP contribution >= 0.6 is 0 Å². The van der Waals surface area contributed by atoms with E-state index in [1.54, 1.807) is 24.7 Å². The largest absolute Gasteiger partial charge is 0.351 e. The first-order valence-corrected chi connectivity index (χ1v) is 8.88. The molecule has 3 heterocycles. The highest BCUT2D eigenvalue weighted by Gasteiger charge is 2.31. The summed E-state index contributed by atoms with van der Waals surface area (Å²) in [7, 11) is 0. The first-order valence-electron chi connectivity index (χ1n) is 8.88. The minimum absolute atomic E-state index is 0.0892. The third-order valence-corrected chi connectivity index (χ3v) is 4.47. The van der Waals surface area contributed by atoms with Crippen molar-refractivity contribution < 1.29 is 9.59 Å². The minimum atomic E-state index is -0.0989. The lowest BCUT2D eigenvalue weighted by Crippen LogP contribution is -2.32. The molecule has 0 bridgehead atoms. The summed E-state index contributed by atoms with van der Waals surface area (Å²) in [6.45, 7) is 2.57. The maximum absolute atomic E-state index is 12.7. The Morgan fingerprint density at radius 1 is 1.31 bits per heavy atom. The summed E-state index contributed by atoms with van der Waals surface area (Å²) in [5.41, 5.74) is 1.81. The van der Waals surface area contributed by atoms with Crippen LogP contribution in [-0.2, 0) is 22.6 Å². The molecule has 3 rings (SSSR count). The number of likely N-dealkylation sites (tertiary alicyclic amines) is 1. The van der Waals surface area contributed by atoms with Crippen LogP contribution in [0.15, 0.2) is 36.8 Å². The smallest absolute Gasteiger partial charge is 0.223 e. The lowest BCUT2D eigenvalue weighted by Gasteiger charge is -2.24. The van der Waals surface area contributed by atoms with E-state index in [9.17, 15) is 9.59 Å². The monoisotopic (exact) mass is 353 g/mol. The quantitative estimate of drug-likeness (QED) is 0.855. The Hall–Kier alpha value is -2.83. The van der Waals surface area contributed by atoms with Crippen molar-refractivity contribution in [3.63, 3.8) is 0 Å². The number of aryl methyl sites for hydroxylation is 1. The van der Waals surface area contributed by atoms with Gasteiger partial charge in [-0.1, -0.05) is 6.07 Å². The summed E-state index contributed by atoms with van der Waals surface area (Å²) in [6, 6.07) is 5.56. The van der Waals surface area contributed by atoms with Crippen molar-refractivity contribution in [3.8, 4) is 0 Å². The first-order chi connectivity index (χ1) is 12.6. The Kier molecular flexibility index (Phi) is 5.88. The molecule has 2 aromatic rings. The van der Waals surface area contributed by atoms with Crippen molar-refractivity contribution in [1.29, 1.82) is 0 Å². The van der Waals surface area contributed by atoms with Gasteiger partial charge in [0.05, 0.1) is 18.3 Å². The van der Waals surface area contributed by atoms with Gasteiger partial charge in [0.1, 0.15) is 0 Å². The third kappa shape index (κ3) is 4.62. The van der Waals surface area contributed by atoms with Gasteiger partial charge < -0.3 is 10.2 Å². The number of nitrogens with zero attached hydrogens (tertiary/aromatic N) is 4. The normalized spacial score (nSPS) is 16.5. The maximum atomic E-state index is 12.7. The van der Waals surface area contributed by atoms with Crippen molar-refractivity contribution in [2.75, 3.05) is 6.54 Å². The SMILES string of the molecule is CC(=O)NCc1ccnc([C@@H]2CCCN2C(=O)CCc2cccnc2)n1. The topological polar surface area (TPSA) is 88.1 Å². The average Bonchev–Trinajstić information content (AvgIpc) is 3.15. The Morgan fingerprint density at radius 2 is 2.19 bits per heavy atom. The van der Waals surface area contributed by atoms with Gasteiger partial charge in [-0.15, -0.1) is 0 Å². The van der Waals surface area contributed by atoms with Crippen LogP contribution in [0.4, 0.5) is 0 Å². The average molecular weight is 353 g/mol. The van der Waals surface area contributed by atoms with Crippen LogP contribution in [0.2, 0.25) is 0 Å². The number of pyridine rings is 1. The molecule has 0 aromatic carbocycles. The predicted molar refractivity (Wildman–Crippen MR) is 95.8 cm³/mol. The molecule has 0 unspecified atom stereocenters. The second-order valence-corrected chi connectivity index (χ2v) is 6.42. The summed E-state index contributed by atoms with van der Waals surface area (Å²) < 4.78 is 0. The predicted octanol–water partition coefficient (Wildman–Crippen LogP) is 1.80. The molecular formula is C19H23N5O2. The molecule has 7 nitrogen and oxygen atoms in total. The molecule has 0 spiro atoms. The van der Waals surface area contributed by atoms with Gasteiger partial charge >= 0.3 is 0 Å². The van der Waals surface area contributed by atoms with Gasteiger partial charge in [-0.25, -0.2) is 9.97 Å².